The van der Waals surface area contributed by atoms with Crippen LogP contribution in [-0.4, -0.2) is 107 Å². The third-order valence-corrected chi connectivity index (χ3v) is 10.3. The third kappa shape index (κ3) is 4.49. The Morgan fingerprint density at radius 1 is 1.06 bits per heavy atom. The molecule has 49 heavy (non-hydrogen) atoms. The average molecular weight is 675 g/mol. The first kappa shape index (κ1) is 32.1. The number of aromatic hydroxyl groups is 1. The Bertz CT molecular complexity index is 1980. The van der Waals surface area contributed by atoms with Crippen LogP contribution >= 0.6 is 0 Å². The molecule has 5 aliphatic heterocycles. The number of pyridine rings is 1. The number of fused-ring (bicyclic) bond motifs is 7. The van der Waals surface area contributed by atoms with Gasteiger partial charge in [0, 0.05) is 59.9 Å². The monoisotopic (exact) mass is 674 g/mol. The molecule has 258 valence electrons. The molecule has 2 aromatic carbocycles. The van der Waals surface area contributed by atoms with E-state index in [4.69, 9.17) is 9.47 Å². The molecule has 0 saturated carbocycles. The van der Waals surface area contributed by atoms with E-state index in [-0.39, 0.29) is 72.0 Å². The zero-order chi connectivity index (χ0) is 34.7. The number of phenolic OH excluding ortho intramolecular Hbond substituents is 1. The predicted octanol–water partition coefficient (Wildman–Crippen LogP) is 0.752. The molecule has 1 aliphatic carbocycles. The van der Waals surface area contributed by atoms with E-state index >= 15 is 0 Å². The number of aliphatic hydroxyl groups is 5. The van der Waals surface area contributed by atoms with Crippen molar-refractivity contribution in [2.45, 2.75) is 82.1 Å². The summed E-state index contributed by atoms with van der Waals surface area (Å²) < 4.78 is 13.2. The van der Waals surface area contributed by atoms with Crippen molar-refractivity contribution in [3.05, 3.63) is 69.5 Å². The quantitative estimate of drug-likeness (QED) is 0.147. The molecule has 1 aromatic heterocycles. The van der Waals surface area contributed by atoms with E-state index in [0.717, 1.165) is 0 Å². The normalized spacial score (nSPS) is 32.2. The van der Waals surface area contributed by atoms with Gasteiger partial charge in [-0.3, -0.25) is 9.59 Å². The van der Waals surface area contributed by atoms with Crippen LogP contribution in [-0.2, 0) is 11.2 Å². The molecule has 8 N–H and O–H groups in total. The van der Waals surface area contributed by atoms with Crippen molar-refractivity contribution in [2.75, 3.05) is 18.4 Å². The lowest BCUT2D eigenvalue weighted by Crippen LogP contribution is -2.78. The lowest BCUT2D eigenvalue weighted by Gasteiger charge is -2.58. The molecule has 14 heteroatoms. The second-order valence-corrected chi connectivity index (χ2v) is 14.2. The van der Waals surface area contributed by atoms with Crippen LogP contribution in [0.1, 0.15) is 69.7 Å². The summed E-state index contributed by atoms with van der Waals surface area (Å²) in [6, 6.07) is 4.55. The maximum absolute atomic E-state index is 14.5. The van der Waals surface area contributed by atoms with Gasteiger partial charge in [-0.05, 0) is 54.5 Å². The summed E-state index contributed by atoms with van der Waals surface area (Å²) in [5.74, 6) is -3.53. The van der Waals surface area contributed by atoms with Gasteiger partial charge in [0.2, 0.25) is 11.6 Å². The van der Waals surface area contributed by atoms with Gasteiger partial charge in [0.15, 0.2) is 17.6 Å². The van der Waals surface area contributed by atoms with E-state index < -0.39 is 53.6 Å². The molecule has 14 nitrogen and oxygen atoms in total. The molecule has 9 rings (SSSR count). The van der Waals surface area contributed by atoms with Crippen molar-refractivity contribution >= 4 is 28.2 Å². The number of rotatable bonds is 2. The number of aryl methyl sites for hydroxylation is 2. The molecule has 0 radical (unpaired) electrons. The maximum Gasteiger partial charge on any atom is 0.240 e. The lowest BCUT2D eigenvalue weighted by molar-refractivity contribution is -0.387. The Morgan fingerprint density at radius 2 is 1.84 bits per heavy atom. The van der Waals surface area contributed by atoms with Crippen molar-refractivity contribution in [2.24, 2.45) is 5.92 Å². The van der Waals surface area contributed by atoms with Gasteiger partial charge >= 0.3 is 0 Å². The molecule has 6 bridgehead atoms. The maximum atomic E-state index is 14.5. The summed E-state index contributed by atoms with van der Waals surface area (Å²) in [7, 11) is 0. The number of aliphatic hydroxyl groups excluding tert-OH is 5. The van der Waals surface area contributed by atoms with E-state index in [9.17, 15) is 40.2 Å². The fourth-order valence-electron chi connectivity index (χ4n) is 8.17. The number of ketones is 2. The summed E-state index contributed by atoms with van der Waals surface area (Å²) in [5.41, 5.74) is 2.09. The average Bonchev–Trinajstić information content (AvgIpc) is 3.05. The molecule has 1 fully saturated rings. The minimum absolute atomic E-state index is 0.000759. The first-order chi connectivity index (χ1) is 23.3. The van der Waals surface area contributed by atoms with Crippen LogP contribution in [0.2, 0.25) is 0 Å². The van der Waals surface area contributed by atoms with Crippen LogP contribution in [0, 0.1) is 12.8 Å². The van der Waals surface area contributed by atoms with Gasteiger partial charge in [-0.1, -0.05) is 13.8 Å². The molecular formula is C35H38N4O10. The molecule has 7 unspecified atom stereocenters. The van der Waals surface area contributed by atoms with Gasteiger partial charge < -0.3 is 50.9 Å². The van der Waals surface area contributed by atoms with Crippen LogP contribution in [0.4, 0.5) is 5.82 Å². The smallest absolute Gasteiger partial charge is 0.240 e. The second kappa shape index (κ2) is 10.9. The minimum atomic E-state index is -2.14. The van der Waals surface area contributed by atoms with Gasteiger partial charge in [-0.25, -0.2) is 4.98 Å². The zero-order valence-corrected chi connectivity index (χ0v) is 27.1. The van der Waals surface area contributed by atoms with Gasteiger partial charge in [0.25, 0.3) is 0 Å². The number of hydrazine groups is 1. The van der Waals surface area contributed by atoms with Gasteiger partial charge in [-0.2, -0.15) is 5.01 Å². The lowest BCUT2D eigenvalue weighted by atomic mass is 9.75. The van der Waals surface area contributed by atoms with Crippen LogP contribution in [0.15, 0.2) is 36.2 Å². The van der Waals surface area contributed by atoms with Crippen molar-refractivity contribution in [3.63, 3.8) is 0 Å². The van der Waals surface area contributed by atoms with E-state index in [2.05, 4.69) is 15.7 Å². The number of carbonyl (C=O) groups is 2. The Hall–Kier alpha value is -4.15. The van der Waals surface area contributed by atoms with Crippen LogP contribution < -0.4 is 15.5 Å². The fraction of sp³-hybridized carbons (Fsp3) is 0.457. The summed E-state index contributed by atoms with van der Waals surface area (Å²) in [6.07, 6.45) is -5.42. The molecule has 7 atom stereocenters. The van der Waals surface area contributed by atoms with Gasteiger partial charge in [-0.15, -0.1) is 0 Å². The Balaban J connectivity index is 1.41. The number of nitrogens with zero attached hydrogens (tertiary/aromatic N) is 2. The summed E-state index contributed by atoms with van der Waals surface area (Å²) in [4.78, 5) is 33.4. The Morgan fingerprint density at radius 3 is 2.59 bits per heavy atom. The fourth-order valence-corrected chi connectivity index (χ4v) is 8.17. The van der Waals surface area contributed by atoms with E-state index in [1.54, 1.807) is 13.0 Å². The second-order valence-electron chi connectivity index (χ2n) is 14.2. The highest BCUT2D eigenvalue weighted by atomic mass is 16.7. The molecule has 2 spiro atoms. The molecular weight excluding hydrogens is 636 g/mol. The number of anilines is 1. The van der Waals surface area contributed by atoms with Crippen molar-refractivity contribution < 1.29 is 49.7 Å². The number of hydrogen-bond acceptors (Lipinski definition) is 14. The minimum Gasteiger partial charge on any atom is -0.507 e. The highest BCUT2D eigenvalue weighted by Crippen LogP contribution is 2.53. The van der Waals surface area contributed by atoms with Gasteiger partial charge in [0.05, 0.1) is 17.2 Å². The number of nitrogens with one attached hydrogen (secondary N) is 2. The number of carbonyl (C=O) groups excluding carboxylic acids is 2. The molecule has 0 amide bonds. The number of aromatic nitrogens is 1. The SMILES string of the molecule is Cc1cc(O)c2c(c1)C(=O)c1c(c3c4c5c(nccc15)NCC(O)CC1=CC5(OC(CC4)(O3)C(O)C(O)C5O)C(O)N(CC(C)C)N1)C2=O. The first-order valence-electron chi connectivity index (χ1n) is 16.4. The largest absolute Gasteiger partial charge is 0.507 e. The van der Waals surface area contributed by atoms with Crippen molar-refractivity contribution in [3.8, 4) is 11.5 Å². The number of ether oxygens (including phenoxy) is 2. The summed E-state index contributed by atoms with van der Waals surface area (Å²) in [5, 5.41) is 74.3. The summed E-state index contributed by atoms with van der Waals surface area (Å²) >= 11 is 0. The van der Waals surface area contributed by atoms with Gasteiger partial charge in [0.1, 0.15) is 35.6 Å². The van der Waals surface area contributed by atoms with E-state index in [1.807, 2.05) is 13.8 Å². The standard InChI is InChI=1S/C35H38N4O10/c1-14(2)13-39-33(47)34-11-16(38-39)10-17(40)12-37-32-22-18(5-7-36-32)24-25(27(43)23-20(26(24)42)8-15(3)9-21(23)41)29-19(22)4-6-35(48-29,49-34)31(46)28(44)30(34)45/h5,7-9,11,14,17,28,30-31,33,38,40-41,44-47H,4,6,10,12-13H2,1-3H3,(H,36,37). The van der Waals surface area contributed by atoms with Crippen LogP contribution in [0.25, 0.3) is 10.8 Å². The number of phenols is 1. The number of benzene rings is 2. The zero-order valence-electron chi connectivity index (χ0n) is 27.1. The van der Waals surface area contributed by atoms with E-state index in [1.165, 1.54) is 29.4 Å². The summed E-state index contributed by atoms with van der Waals surface area (Å²) in [6.45, 7) is 5.80. The highest BCUT2D eigenvalue weighted by molar-refractivity contribution is 6.34. The number of hydrogen-bond donors (Lipinski definition) is 8. The first-order valence-corrected chi connectivity index (χ1v) is 16.4. The van der Waals surface area contributed by atoms with Crippen molar-refractivity contribution in [1.82, 2.24) is 15.4 Å². The highest BCUT2D eigenvalue weighted by Gasteiger charge is 2.66. The molecule has 1 saturated heterocycles. The molecule has 6 aliphatic rings. The van der Waals surface area contributed by atoms with Crippen LogP contribution in [0.3, 0.4) is 0 Å². The molecule has 3 aromatic rings. The predicted molar refractivity (Wildman–Crippen MR) is 173 cm³/mol. The third-order valence-electron chi connectivity index (χ3n) is 10.3. The topological polar surface area (TPSA) is 214 Å². The Labute approximate surface area is 280 Å². The van der Waals surface area contributed by atoms with Crippen molar-refractivity contribution in [1.29, 1.82) is 0 Å². The Kier molecular flexibility index (Phi) is 7.15. The molecule has 6 heterocycles. The van der Waals surface area contributed by atoms with E-state index in [0.29, 0.717) is 33.4 Å². The van der Waals surface area contributed by atoms with Crippen LogP contribution in [0.5, 0.6) is 11.5 Å².